The van der Waals surface area contributed by atoms with Gasteiger partial charge in [-0.25, -0.2) is 0 Å². The molecule has 0 bridgehead atoms. The van der Waals surface area contributed by atoms with E-state index in [1.54, 1.807) is 0 Å². The molecule has 1 N–H and O–H groups in total. The van der Waals surface area contributed by atoms with Crippen molar-refractivity contribution in [3.63, 3.8) is 0 Å². The number of aryl methyl sites for hydroxylation is 1. The molecular formula is C17H27Br2N. The molecule has 1 aromatic rings. The average Bonchev–Trinajstić information content (AvgIpc) is 2.29. The summed E-state index contributed by atoms with van der Waals surface area (Å²) in [5.74, 6) is 0.694. The first-order valence-corrected chi connectivity index (χ1v) is 8.85. The first-order chi connectivity index (χ1) is 9.14. The van der Waals surface area contributed by atoms with Crippen LogP contribution in [0.25, 0.3) is 0 Å². The predicted molar refractivity (Wildman–Crippen MR) is 96.2 cm³/mol. The Kier molecular flexibility index (Phi) is 6.75. The molecule has 1 aromatic carbocycles. The highest BCUT2D eigenvalue weighted by molar-refractivity contribution is 9.11. The molecule has 0 aliphatic carbocycles. The summed E-state index contributed by atoms with van der Waals surface area (Å²) in [6, 6.07) is 4.82. The molecule has 0 radical (unpaired) electrons. The Hall–Kier alpha value is 0.140. The molecule has 0 aliphatic rings. The number of hydrogen-bond acceptors (Lipinski definition) is 1. The van der Waals surface area contributed by atoms with Gasteiger partial charge in [0.15, 0.2) is 0 Å². The molecule has 20 heavy (non-hydrogen) atoms. The summed E-state index contributed by atoms with van der Waals surface area (Å²) in [5.41, 5.74) is 2.99. The van der Waals surface area contributed by atoms with Crippen molar-refractivity contribution in [2.24, 2.45) is 11.3 Å². The van der Waals surface area contributed by atoms with Gasteiger partial charge < -0.3 is 5.32 Å². The molecule has 1 nitrogen and oxygen atoms in total. The smallest absolute Gasteiger partial charge is 0.0331 e. The van der Waals surface area contributed by atoms with Gasteiger partial charge in [-0.05, 0) is 61.4 Å². The first-order valence-electron chi connectivity index (χ1n) is 7.27. The second-order valence-electron chi connectivity index (χ2n) is 7.07. The minimum atomic E-state index is 0.388. The highest BCUT2D eigenvalue weighted by Crippen LogP contribution is 2.35. The molecule has 3 heteroatoms. The van der Waals surface area contributed by atoms with Gasteiger partial charge in [-0.1, -0.05) is 59.6 Å². The van der Waals surface area contributed by atoms with Crippen LogP contribution in [-0.4, -0.2) is 7.05 Å². The van der Waals surface area contributed by atoms with Gasteiger partial charge >= 0.3 is 0 Å². The van der Waals surface area contributed by atoms with Gasteiger partial charge in [0, 0.05) is 15.0 Å². The van der Waals surface area contributed by atoms with E-state index < -0.39 is 0 Å². The van der Waals surface area contributed by atoms with Crippen molar-refractivity contribution in [3.8, 4) is 0 Å². The van der Waals surface area contributed by atoms with Crippen molar-refractivity contribution < 1.29 is 0 Å². The molecule has 0 saturated carbocycles. The van der Waals surface area contributed by atoms with Gasteiger partial charge in [-0.3, -0.25) is 0 Å². The third-order valence-electron chi connectivity index (χ3n) is 3.60. The van der Waals surface area contributed by atoms with Crippen LogP contribution in [0.3, 0.4) is 0 Å². The lowest BCUT2D eigenvalue weighted by molar-refractivity contribution is 0.279. The van der Waals surface area contributed by atoms with Crippen molar-refractivity contribution in [1.82, 2.24) is 5.32 Å². The molecule has 0 saturated heterocycles. The molecule has 0 amide bonds. The third kappa shape index (κ3) is 5.50. The van der Waals surface area contributed by atoms with Crippen molar-refractivity contribution in [2.45, 2.75) is 53.5 Å². The highest BCUT2D eigenvalue weighted by Gasteiger charge is 2.21. The van der Waals surface area contributed by atoms with Crippen LogP contribution in [0.4, 0.5) is 0 Å². The Labute approximate surface area is 141 Å². The van der Waals surface area contributed by atoms with E-state index in [9.17, 15) is 0 Å². The summed E-state index contributed by atoms with van der Waals surface area (Å²) in [7, 11) is 2.05. The summed E-state index contributed by atoms with van der Waals surface area (Å²) in [4.78, 5) is 0. The lowest BCUT2D eigenvalue weighted by Crippen LogP contribution is -2.21. The van der Waals surface area contributed by atoms with E-state index in [2.05, 4.69) is 91.0 Å². The molecule has 1 rings (SSSR count). The second kappa shape index (κ2) is 7.42. The number of nitrogens with one attached hydrogen (secondary N) is 1. The molecule has 2 atom stereocenters. The van der Waals surface area contributed by atoms with Crippen molar-refractivity contribution in [2.75, 3.05) is 7.05 Å². The number of halogens is 2. The summed E-state index contributed by atoms with van der Waals surface area (Å²) in [6.07, 6.45) is 2.40. The topological polar surface area (TPSA) is 12.0 Å². The third-order valence-corrected chi connectivity index (χ3v) is 5.14. The van der Waals surface area contributed by atoms with Gasteiger partial charge in [0.1, 0.15) is 0 Å². The molecule has 0 heterocycles. The quantitative estimate of drug-likeness (QED) is 0.611. The monoisotopic (exact) mass is 403 g/mol. The molecule has 114 valence electrons. The standard InChI is InChI=1S/C17H27Br2N/c1-11(10-17(3,4)5)7-16(20-6)13-9-14(18)12(2)8-15(13)19/h8-9,11,16,20H,7,10H2,1-6H3. The molecule has 2 unspecified atom stereocenters. The van der Waals surface area contributed by atoms with Crippen LogP contribution >= 0.6 is 31.9 Å². The highest BCUT2D eigenvalue weighted by atomic mass is 79.9. The molecule has 0 aliphatic heterocycles. The summed E-state index contributed by atoms with van der Waals surface area (Å²) >= 11 is 7.36. The average molecular weight is 405 g/mol. The lowest BCUT2D eigenvalue weighted by Gasteiger charge is -2.27. The maximum Gasteiger partial charge on any atom is 0.0331 e. The second-order valence-corrected chi connectivity index (χ2v) is 8.78. The first kappa shape index (κ1) is 18.2. The minimum absolute atomic E-state index is 0.388. The van der Waals surface area contributed by atoms with Gasteiger partial charge in [0.2, 0.25) is 0 Å². The summed E-state index contributed by atoms with van der Waals surface area (Å²) in [5, 5.41) is 3.47. The van der Waals surface area contributed by atoms with Crippen molar-refractivity contribution >= 4 is 31.9 Å². The SMILES string of the molecule is CNC(CC(C)CC(C)(C)C)c1cc(Br)c(C)cc1Br. The van der Waals surface area contributed by atoms with Gasteiger partial charge in [0.25, 0.3) is 0 Å². The maximum atomic E-state index is 3.71. The van der Waals surface area contributed by atoms with Crippen molar-refractivity contribution in [1.29, 1.82) is 0 Å². The Bertz CT molecular complexity index is 449. The number of hydrogen-bond donors (Lipinski definition) is 1. The maximum absolute atomic E-state index is 3.71. The van der Waals surface area contributed by atoms with Crippen LogP contribution in [-0.2, 0) is 0 Å². The Balaban J connectivity index is 2.89. The Morgan fingerprint density at radius 1 is 1.15 bits per heavy atom. The van der Waals surface area contributed by atoms with Crippen molar-refractivity contribution in [3.05, 3.63) is 32.2 Å². The normalized spacial score (nSPS) is 15.2. The molecule has 0 aromatic heterocycles. The fourth-order valence-corrected chi connectivity index (χ4v) is 3.96. The summed E-state index contributed by atoms with van der Waals surface area (Å²) in [6.45, 7) is 11.4. The van der Waals surface area contributed by atoms with Crippen LogP contribution in [0.2, 0.25) is 0 Å². The van der Waals surface area contributed by atoms with Crippen LogP contribution in [0.5, 0.6) is 0 Å². The van der Waals surface area contributed by atoms with Gasteiger partial charge in [-0.2, -0.15) is 0 Å². The Morgan fingerprint density at radius 2 is 1.75 bits per heavy atom. The van der Waals surface area contributed by atoms with E-state index in [-0.39, 0.29) is 0 Å². The number of rotatable bonds is 5. The number of benzene rings is 1. The van der Waals surface area contributed by atoms with Gasteiger partial charge in [0.05, 0.1) is 0 Å². The minimum Gasteiger partial charge on any atom is -0.313 e. The van der Waals surface area contributed by atoms with E-state index in [4.69, 9.17) is 0 Å². The zero-order valence-electron chi connectivity index (χ0n) is 13.5. The lowest BCUT2D eigenvalue weighted by atomic mass is 9.82. The summed E-state index contributed by atoms with van der Waals surface area (Å²) < 4.78 is 2.37. The predicted octanol–water partition coefficient (Wildman–Crippen LogP) is 6.24. The molecular weight excluding hydrogens is 378 g/mol. The zero-order chi connectivity index (χ0) is 15.5. The fraction of sp³-hybridized carbons (Fsp3) is 0.647. The van der Waals surface area contributed by atoms with Crippen LogP contribution in [0.15, 0.2) is 21.1 Å². The van der Waals surface area contributed by atoms with Crippen LogP contribution < -0.4 is 5.32 Å². The molecule has 0 fully saturated rings. The van der Waals surface area contributed by atoms with E-state index >= 15 is 0 Å². The Morgan fingerprint density at radius 3 is 2.25 bits per heavy atom. The fourth-order valence-electron chi connectivity index (χ4n) is 2.86. The van der Waals surface area contributed by atoms with Crippen LogP contribution in [0.1, 0.15) is 57.7 Å². The van der Waals surface area contributed by atoms with E-state index in [1.165, 1.54) is 26.5 Å². The largest absolute Gasteiger partial charge is 0.313 e. The van der Waals surface area contributed by atoms with E-state index in [0.717, 1.165) is 6.42 Å². The van der Waals surface area contributed by atoms with Crippen LogP contribution in [0, 0.1) is 18.3 Å². The van der Waals surface area contributed by atoms with Gasteiger partial charge in [-0.15, -0.1) is 0 Å². The zero-order valence-corrected chi connectivity index (χ0v) is 16.7. The molecule has 0 spiro atoms. The van der Waals surface area contributed by atoms with E-state index in [1.807, 2.05) is 0 Å². The van der Waals surface area contributed by atoms with E-state index in [0.29, 0.717) is 17.4 Å².